The monoisotopic (exact) mass is 309 g/mol. The first-order valence-electron chi connectivity index (χ1n) is 7.13. The van der Waals surface area contributed by atoms with E-state index in [9.17, 15) is 4.79 Å². The Hall–Kier alpha value is -3.20. The molecule has 0 saturated carbocycles. The number of nitrogens with zero attached hydrogens (tertiary/aromatic N) is 1. The first-order valence-corrected chi connectivity index (χ1v) is 7.13. The van der Waals surface area contributed by atoms with Crippen LogP contribution in [0.2, 0.25) is 0 Å². The first kappa shape index (κ1) is 14.7. The van der Waals surface area contributed by atoms with Crippen molar-refractivity contribution in [3.63, 3.8) is 0 Å². The number of ether oxygens (including phenoxy) is 2. The predicted molar refractivity (Wildman–Crippen MR) is 85.4 cm³/mol. The van der Waals surface area contributed by atoms with Gasteiger partial charge in [0.25, 0.3) is 0 Å². The molecule has 0 unspecified atom stereocenters. The average Bonchev–Trinajstić information content (AvgIpc) is 3.02. The Labute approximate surface area is 133 Å². The van der Waals surface area contributed by atoms with E-state index in [2.05, 4.69) is 10.6 Å². The van der Waals surface area contributed by atoms with Gasteiger partial charge in [0.05, 0.1) is 11.6 Å². The van der Waals surface area contributed by atoms with E-state index < -0.39 is 6.04 Å². The normalized spacial score (nSPS) is 13.0. The van der Waals surface area contributed by atoms with Crippen LogP contribution in [0.3, 0.4) is 0 Å². The van der Waals surface area contributed by atoms with E-state index in [-0.39, 0.29) is 12.7 Å². The molecule has 3 rings (SSSR count). The standard InChI is InChI=1S/C17H15N3O3/c1-11(17(21)20-13-4-2-3-12(7-13)9-18)19-14-5-6-15-16(8-14)23-10-22-15/h2-8,11,19H,10H2,1H3,(H,20,21)/t11-/m1/s1. The number of fused-ring (bicyclic) bond motifs is 1. The van der Waals surface area contributed by atoms with Gasteiger partial charge in [0.1, 0.15) is 6.04 Å². The van der Waals surface area contributed by atoms with Crippen molar-refractivity contribution in [3.05, 3.63) is 48.0 Å². The molecule has 2 aromatic rings. The number of anilines is 2. The Morgan fingerprint density at radius 1 is 1.17 bits per heavy atom. The molecule has 0 bridgehead atoms. The van der Waals surface area contributed by atoms with E-state index in [1.54, 1.807) is 43.3 Å². The number of nitrogens with one attached hydrogen (secondary N) is 2. The second kappa shape index (κ2) is 6.28. The van der Waals surface area contributed by atoms with Gasteiger partial charge in [-0.1, -0.05) is 6.07 Å². The van der Waals surface area contributed by atoms with E-state index in [0.717, 1.165) is 5.69 Å². The quantitative estimate of drug-likeness (QED) is 0.907. The molecule has 0 aromatic heterocycles. The van der Waals surface area contributed by atoms with Crippen molar-refractivity contribution in [1.29, 1.82) is 5.26 Å². The third kappa shape index (κ3) is 3.35. The Morgan fingerprint density at radius 2 is 2.00 bits per heavy atom. The van der Waals surface area contributed by atoms with Crippen LogP contribution in [0, 0.1) is 11.3 Å². The molecule has 2 N–H and O–H groups in total. The third-order valence-corrected chi connectivity index (χ3v) is 3.41. The van der Waals surface area contributed by atoms with Crippen LogP contribution in [0.5, 0.6) is 11.5 Å². The van der Waals surface area contributed by atoms with Crippen molar-refractivity contribution in [2.75, 3.05) is 17.4 Å². The number of hydrogen-bond donors (Lipinski definition) is 2. The predicted octanol–water partition coefficient (Wildman–Crippen LogP) is 2.73. The number of benzene rings is 2. The molecule has 1 heterocycles. The molecule has 116 valence electrons. The van der Waals surface area contributed by atoms with E-state index in [1.165, 1.54) is 0 Å². The summed E-state index contributed by atoms with van der Waals surface area (Å²) >= 11 is 0. The van der Waals surface area contributed by atoms with Gasteiger partial charge in [-0.2, -0.15) is 5.26 Å². The number of hydrogen-bond acceptors (Lipinski definition) is 5. The molecule has 1 aliphatic rings. The van der Waals surface area contributed by atoms with Gasteiger partial charge in [0.15, 0.2) is 11.5 Å². The maximum Gasteiger partial charge on any atom is 0.246 e. The molecule has 1 amide bonds. The smallest absolute Gasteiger partial charge is 0.246 e. The summed E-state index contributed by atoms with van der Waals surface area (Å²) in [5, 5.41) is 14.8. The van der Waals surface area contributed by atoms with Crippen molar-refractivity contribution in [2.24, 2.45) is 0 Å². The molecule has 0 spiro atoms. The van der Waals surface area contributed by atoms with Crippen LogP contribution in [0.4, 0.5) is 11.4 Å². The van der Waals surface area contributed by atoms with Gasteiger partial charge < -0.3 is 20.1 Å². The fourth-order valence-electron chi connectivity index (χ4n) is 2.22. The number of carbonyl (C=O) groups is 1. The van der Waals surface area contributed by atoms with Crippen LogP contribution in [-0.4, -0.2) is 18.7 Å². The zero-order chi connectivity index (χ0) is 16.2. The molecule has 6 heteroatoms. The Morgan fingerprint density at radius 3 is 2.83 bits per heavy atom. The van der Waals surface area contributed by atoms with Gasteiger partial charge in [-0.25, -0.2) is 0 Å². The van der Waals surface area contributed by atoms with E-state index in [1.807, 2.05) is 12.1 Å². The summed E-state index contributed by atoms with van der Waals surface area (Å²) in [5.74, 6) is 1.16. The minimum Gasteiger partial charge on any atom is -0.454 e. The average molecular weight is 309 g/mol. The lowest BCUT2D eigenvalue weighted by Crippen LogP contribution is -2.31. The highest BCUT2D eigenvalue weighted by Gasteiger charge is 2.16. The van der Waals surface area contributed by atoms with Gasteiger partial charge in [-0.15, -0.1) is 0 Å². The van der Waals surface area contributed by atoms with Crippen molar-refractivity contribution in [2.45, 2.75) is 13.0 Å². The largest absolute Gasteiger partial charge is 0.454 e. The highest BCUT2D eigenvalue weighted by molar-refractivity contribution is 5.96. The van der Waals surface area contributed by atoms with Crippen LogP contribution in [-0.2, 0) is 4.79 Å². The molecular weight excluding hydrogens is 294 g/mol. The van der Waals surface area contributed by atoms with Gasteiger partial charge in [-0.3, -0.25) is 4.79 Å². The minimum absolute atomic E-state index is 0.197. The lowest BCUT2D eigenvalue weighted by Gasteiger charge is -2.15. The van der Waals surface area contributed by atoms with Gasteiger partial charge in [0, 0.05) is 17.4 Å². The highest BCUT2D eigenvalue weighted by Crippen LogP contribution is 2.34. The Balaban J connectivity index is 1.64. The fraction of sp³-hybridized carbons (Fsp3) is 0.176. The molecule has 1 atom stereocenters. The number of carbonyl (C=O) groups excluding carboxylic acids is 1. The second-order valence-corrected chi connectivity index (χ2v) is 5.12. The number of amides is 1. The van der Waals surface area contributed by atoms with Crippen LogP contribution < -0.4 is 20.1 Å². The zero-order valence-corrected chi connectivity index (χ0v) is 12.5. The van der Waals surface area contributed by atoms with E-state index >= 15 is 0 Å². The van der Waals surface area contributed by atoms with Crippen molar-refractivity contribution in [3.8, 4) is 17.6 Å². The summed E-state index contributed by atoms with van der Waals surface area (Å²) in [7, 11) is 0. The number of nitriles is 1. The molecule has 0 fully saturated rings. The summed E-state index contributed by atoms with van der Waals surface area (Å²) in [6.45, 7) is 1.97. The fourth-order valence-corrected chi connectivity index (χ4v) is 2.22. The summed E-state index contributed by atoms with van der Waals surface area (Å²) in [6.07, 6.45) is 0. The molecule has 23 heavy (non-hydrogen) atoms. The molecule has 1 aliphatic heterocycles. The van der Waals surface area contributed by atoms with Crippen molar-refractivity contribution >= 4 is 17.3 Å². The maximum absolute atomic E-state index is 12.2. The zero-order valence-electron chi connectivity index (χ0n) is 12.5. The van der Waals surface area contributed by atoms with Crippen LogP contribution in [0.25, 0.3) is 0 Å². The van der Waals surface area contributed by atoms with Gasteiger partial charge in [-0.05, 0) is 37.3 Å². The molecule has 6 nitrogen and oxygen atoms in total. The first-order chi connectivity index (χ1) is 11.2. The van der Waals surface area contributed by atoms with Gasteiger partial charge in [0.2, 0.25) is 12.7 Å². The Bertz CT molecular complexity index is 783. The van der Waals surface area contributed by atoms with E-state index in [4.69, 9.17) is 14.7 Å². The lowest BCUT2D eigenvalue weighted by atomic mass is 10.2. The summed E-state index contributed by atoms with van der Waals surface area (Å²) in [6, 6.07) is 13.8. The van der Waals surface area contributed by atoms with Gasteiger partial charge >= 0.3 is 0 Å². The summed E-state index contributed by atoms with van der Waals surface area (Å²) in [5.41, 5.74) is 1.86. The molecule has 0 aliphatic carbocycles. The van der Waals surface area contributed by atoms with Crippen molar-refractivity contribution < 1.29 is 14.3 Å². The van der Waals surface area contributed by atoms with Crippen LogP contribution >= 0.6 is 0 Å². The van der Waals surface area contributed by atoms with E-state index in [0.29, 0.717) is 22.7 Å². The topological polar surface area (TPSA) is 83.4 Å². The lowest BCUT2D eigenvalue weighted by molar-refractivity contribution is -0.116. The Kier molecular flexibility index (Phi) is 4.02. The third-order valence-electron chi connectivity index (χ3n) is 3.41. The van der Waals surface area contributed by atoms with Crippen LogP contribution in [0.1, 0.15) is 12.5 Å². The molecular formula is C17H15N3O3. The second-order valence-electron chi connectivity index (χ2n) is 5.12. The minimum atomic E-state index is -0.457. The summed E-state index contributed by atoms with van der Waals surface area (Å²) in [4.78, 5) is 12.2. The van der Waals surface area contributed by atoms with Crippen LogP contribution in [0.15, 0.2) is 42.5 Å². The molecule has 0 radical (unpaired) electrons. The summed E-state index contributed by atoms with van der Waals surface area (Å²) < 4.78 is 10.6. The number of rotatable bonds is 4. The molecule has 0 saturated heterocycles. The SMILES string of the molecule is C[C@@H](Nc1ccc2c(c1)OCO2)C(=O)Nc1cccc(C#N)c1. The highest BCUT2D eigenvalue weighted by atomic mass is 16.7. The maximum atomic E-state index is 12.2. The van der Waals surface area contributed by atoms with Crippen molar-refractivity contribution in [1.82, 2.24) is 0 Å². The molecule has 2 aromatic carbocycles.